The predicted octanol–water partition coefficient (Wildman–Crippen LogP) is 4.46. The first-order valence-electron chi connectivity index (χ1n) is 10.0. The van der Waals surface area contributed by atoms with Crippen LogP contribution in [0.3, 0.4) is 0 Å². The average Bonchev–Trinajstić information content (AvgIpc) is 3.08. The van der Waals surface area contributed by atoms with E-state index in [1.54, 1.807) is 0 Å². The molecule has 2 atom stereocenters. The number of hydrogen-bond donors (Lipinski definition) is 1. The highest BCUT2D eigenvalue weighted by molar-refractivity contribution is 8.00. The summed E-state index contributed by atoms with van der Waals surface area (Å²) in [4.78, 5) is 12.9. The van der Waals surface area contributed by atoms with Crippen molar-refractivity contribution in [1.82, 2.24) is 20.1 Å². The summed E-state index contributed by atoms with van der Waals surface area (Å²) in [6, 6.07) is 16.6. The number of aromatic nitrogens is 3. The fraction of sp³-hybridized carbons (Fsp3) is 0.348. The normalized spacial score (nSPS) is 16.9. The van der Waals surface area contributed by atoms with E-state index in [1.807, 2.05) is 42.8 Å². The van der Waals surface area contributed by atoms with Crippen molar-refractivity contribution in [3.05, 3.63) is 65.2 Å². The van der Waals surface area contributed by atoms with Gasteiger partial charge in [-0.1, -0.05) is 60.3 Å². The Morgan fingerprint density at radius 2 is 1.93 bits per heavy atom. The van der Waals surface area contributed by atoms with Gasteiger partial charge in [-0.3, -0.25) is 4.79 Å². The van der Waals surface area contributed by atoms with Crippen LogP contribution < -0.4 is 5.32 Å². The van der Waals surface area contributed by atoms with Gasteiger partial charge in [-0.05, 0) is 49.8 Å². The van der Waals surface area contributed by atoms with Gasteiger partial charge in [-0.25, -0.2) is 0 Å². The van der Waals surface area contributed by atoms with E-state index in [1.165, 1.54) is 22.9 Å². The summed E-state index contributed by atoms with van der Waals surface area (Å²) in [5.41, 5.74) is 4.82. The lowest BCUT2D eigenvalue weighted by Crippen LogP contribution is -2.36. The van der Waals surface area contributed by atoms with Crippen LogP contribution in [0.15, 0.2) is 53.7 Å². The van der Waals surface area contributed by atoms with Gasteiger partial charge in [0.05, 0.1) is 11.3 Å². The molecule has 1 aromatic heterocycles. The quantitative estimate of drug-likeness (QED) is 0.635. The van der Waals surface area contributed by atoms with Crippen molar-refractivity contribution in [3.8, 4) is 11.4 Å². The SMILES string of the molecule is Cc1ccccc1-c1nnc(S[C@@H](C)C(=O)N[C@H]2CCCc3ccccc32)n1C. The van der Waals surface area contributed by atoms with Crippen LogP contribution in [0.4, 0.5) is 0 Å². The molecule has 0 fully saturated rings. The molecular weight excluding hydrogens is 380 g/mol. The molecule has 2 aromatic carbocycles. The summed E-state index contributed by atoms with van der Waals surface area (Å²) in [6.45, 7) is 3.99. The third-order valence-electron chi connectivity index (χ3n) is 5.56. The molecule has 1 aliphatic rings. The Hall–Kier alpha value is -2.60. The summed E-state index contributed by atoms with van der Waals surface area (Å²) < 4.78 is 1.96. The molecule has 0 radical (unpaired) electrons. The lowest BCUT2D eigenvalue weighted by atomic mass is 9.88. The summed E-state index contributed by atoms with van der Waals surface area (Å²) in [7, 11) is 1.95. The number of fused-ring (bicyclic) bond motifs is 1. The van der Waals surface area contributed by atoms with Crippen LogP contribution in [0.5, 0.6) is 0 Å². The van der Waals surface area contributed by atoms with Crippen LogP contribution in [0.2, 0.25) is 0 Å². The van der Waals surface area contributed by atoms with E-state index in [-0.39, 0.29) is 17.2 Å². The minimum absolute atomic E-state index is 0.0390. The van der Waals surface area contributed by atoms with E-state index in [0.717, 1.165) is 41.4 Å². The van der Waals surface area contributed by atoms with Gasteiger partial charge < -0.3 is 9.88 Å². The first-order valence-corrected chi connectivity index (χ1v) is 10.9. The number of carbonyl (C=O) groups excluding carboxylic acids is 1. The van der Waals surface area contributed by atoms with Crippen LogP contribution in [-0.4, -0.2) is 25.9 Å². The number of rotatable bonds is 5. The van der Waals surface area contributed by atoms with E-state index in [9.17, 15) is 4.79 Å². The molecule has 150 valence electrons. The standard InChI is InChI=1S/C23H26N4OS/c1-15-9-4-6-12-18(15)21-25-26-23(27(21)3)29-16(2)22(28)24-20-14-8-11-17-10-5-7-13-19(17)20/h4-7,9-10,12-13,16,20H,8,11,14H2,1-3H3,(H,24,28)/t16-,20-/m0/s1. The van der Waals surface area contributed by atoms with E-state index in [4.69, 9.17) is 0 Å². The molecule has 0 bridgehead atoms. The van der Waals surface area contributed by atoms with Crippen molar-refractivity contribution in [2.45, 2.75) is 49.6 Å². The Morgan fingerprint density at radius 3 is 2.76 bits per heavy atom. The molecule has 5 nitrogen and oxygen atoms in total. The Bertz CT molecular complexity index is 1030. The van der Waals surface area contributed by atoms with Crippen LogP contribution in [-0.2, 0) is 18.3 Å². The Kier molecular flexibility index (Phi) is 5.72. The van der Waals surface area contributed by atoms with Gasteiger partial charge in [0.2, 0.25) is 5.91 Å². The second-order valence-electron chi connectivity index (χ2n) is 7.59. The second kappa shape index (κ2) is 8.41. The van der Waals surface area contributed by atoms with Crippen molar-refractivity contribution in [3.63, 3.8) is 0 Å². The van der Waals surface area contributed by atoms with Crippen molar-refractivity contribution in [2.75, 3.05) is 0 Å². The highest BCUT2D eigenvalue weighted by atomic mass is 32.2. The number of amides is 1. The van der Waals surface area contributed by atoms with E-state index < -0.39 is 0 Å². The van der Waals surface area contributed by atoms with Crippen LogP contribution in [0.25, 0.3) is 11.4 Å². The molecule has 0 spiro atoms. The highest BCUT2D eigenvalue weighted by Gasteiger charge is 2.25. The second-order valence-corrected chi connectivity index (χ2v) is 8.90. The maximum atomic E-state index is 12.9. The molecular formula is C23H26N4OS. The first-order chi connectivity index (χ1) is 14.0. The molecule has 0 aliphatic heterocycles. The fourth-order valence-corrected chi connectivity index (χ4v) is 4.70. The molecule has 0 saturated carbocycles. The van der Waals surface area contributed by atoms with E-state index >= 15 is 0 Å². The molecule has 0 unspecified atom stereocenters. The van der Waals surface area contributed by atoms with Crippen molar-refractivity contribution >= 4 is 17.7 Å². The molecule has 1 heterocycles. The summed E-state index contributed by atoms with van der Waals surface area (Å²) in [5, 5.41) is 12.4. The summed E-state index contributed by atoms with van der Waals surface area (Å²) in [5.74, 6) is 0.858. The molecule has 1 N–H and O–H groups in total. The molecule has 1 amide bonds. The first kappa shape index (κ1) is 19.7. The number of nitrogens with one attached hydrogen (secondary N) is 1. The van der Waals surface area contributed by atoms with E-state index in [2.05, 4.69) is 46.7 Å². The van der Waals surface area contributed by atoms with Crippen molar-refractivity contribution < 1.29 is 4.79 Å². The zero-order chi connectivity index (χ0) is 20.4. The minimum Gasteiger partial charge on any atom is -0.348 e. The number of nitrogens with zero attached hydrogens (tertiary/aromatic N) is 3. The minimum atomic E-state index is -0.253. The maximum Gasteiger partial charge on any atom is 0.233 e. The summed E-state index contributed by atoms with van der Waals surface area (Å²) in [6.07, 6.45) is 3.18. The molecule has 6 heteroatoms. The monoisotopic (exact) mass is 406 g/mol. The van der Waals surface area contributed by atoms with Gasteiger partial charge in [-0.2, -0.15) is 0 Å². The van der Waals surface area contributed by atoms with Crippen molar-refractivity contribution in [2.24, 2.45) is 7.05 Å². The van der Waals surface area contributed by atoms with Gasteiger partial charge in [0, 0.05) is 12.6 Å². The average molecular weight is 407 g/mol. The third-order valence-corrected chi connectivity index (χ3v) is 6.69. The van der Waals surface area contributed by atoms with Gasteiger partial charge in [0.15, 0.2) is 11.0 Å². The van der Waals surface area contributed by atoms with Crippen molar-refractivity contribution in [1.29, 1.82) is 0 Å². The Labute approximate surface area is 175 Å². The van der Waals surface area contributed by atoms with Gasteiger partial charge in [-0.15, -0.1) is 10.2 Å². The van der Waals surface area contributed by atoms with E-state index in [0.29, 0.717) is 0 Å². The fourth-order valence-electron chi connectivity index (χ4n) is 3.88. The molecule has 3 aromatic rings. The molecule has 4 rings (SSSR count). The van der Waals surface area contributed by atoms with Crippen LogP contribution >= 0.6 is 11.8 Å². The highest BCUT2D eigenvalue weighted by Crippen LogP contribution is 2.31. The predicted molar refractivity (Wildman–Crippen MR) is 117 cm³/mol. The number of benzene rings is 2. The van der Waals surface area contributed by atoms with Gasteiger partial charge in [0.1, 0.15) is 0 Å². The summed E-state index contributed by atoms with van der Waals surface area (Å²) >= 11 is 1.45. The molecule has 29 heavy (non-hydrogen) atoms. The Balaban J connectivity index is 1.46. The number of aryl methyl sites for hydroxylation is 2. The van der Waals surface area contributed by atoms with Gasteiger partial charge in [0.25, 0.3) is 0 Å². The molecule has 1 aliphatic carbocycles. The topological polar surface area (TPSA) is 59.8 Å². The zero-order valence-electron chi connectivity index (χ0n) is 17.1. The lowest BCUT2D eigenvalue weighted by Gasteiger charge is -2.27. The van der Waals surface area contributed by atoms with Crippen LogP contribution in [0.1, 0.15) is 42.5 Å². The number of carbonyl (C=O) groups is 1. The molecule has 0 saturated heterocycles. The number of thioether (sulfide) groups is 1. The Morgan fingerprint density at radius 1 is 1.17 bits per heavy atom. The number of hydrogen-bond acceptors (Lipinski definition) is 4. The zero-order valence-corrected chi connectivity index (χ0v) is 17.9. The smallest absolute Gasteiger partial charge is 0.233 e. The maximum absolute atomic E-state index is 12.9. The third kappa shape index (κ3) is 4.08. The van der Waals surface area contributed by atoms with Gasteiger partial charge >= 0.3 is 0 Å². The largest absolute Gasteiger partial charge is 0.348 e. The van der Waals surface area contributed by atoms with Crippen LogP contribution in [0, 0.1) is 6.92 Å². The lowest BCUT2D eigenvalue weighted by molar-refractivity contribution is -0.121.